The highest BCUT2D eigenvalue weighted by Crippen LogP contribution is 2.28. The lowest BCUT2D eigenvalue weighted by atomic mass is 9.84. The SMILES string of the molecule is CC1CN(CCC2CCN(C(=O)C3CCCC(N)C3)CC2)CC(C)O1. The number of ether oxygens (including phenoxy) is 1. The largest absolute Gasteiger partial charge is 0.373 e. The summed E-state index contributed by atoms with van der Waals surface area (Å²) in [4.78, 5) is 17.4. The third kappa shape index (κ3) is 5.41. The molecule has 2 saturated heterocycles. The Balaban J connectivity index is 1.37. The zero-order valence-corrected chi connectivity index (χ0v) is 16.2. The van der Waals surface area contributed by atoms with Gasteiger partial charge in [0.05, 0.1) is 12.2 Å². The molecule has 4 unspecified atom stereocenters. The van der Waals surface area contributed by atoms with Crippen LogP contribution in [0, 0.1) is 11.8 Å². The van der Waals surface area contributed by atoms with Crippen LogP contribution in [0.4, 0.5) is 0 Å². The van der Waals surface area contributed by atoms with E-state index in [0.717, 1.165) is 57.8 Å². The van der Waals surface area contributed by atoms with Gasteiger partial charge in [-0.2, -0.15) is 0 Å². The van der Waals surface area contributed by atoms with E-state index in [9.17, 15) is 4.79 Å². The second kappa shape index (κ2) is 8.83. The molecule has 2 aliphatic heterocycles. The van der Waals surface area contributed by atoms with Crippen molar-refractivity contribution in [1.82, 2.24) is 9.80 Å². The number of piperidine rings is 1. The first kappa shape index (κ1) is 19.1. The van der Waals surface area contributed by atoms with Crippen molar-refractivity contribution in [1.29, 1.82) is 0 Å². The molecular formula is C20H37N3O2. The van der Waals surface area contributed by atoms with E-state index in [1.165, 1.54) is 25.8 Å². The summed E-state index contributed by atoms with van der Waals surface area (Å²) in [5.74, 6) is 1.34. The lowest BCUT2D eigenvalue weighted by molar-refractivity contribution is -0.138. The zero-order chi connectivity index (χ0) is 17.8. The summed E-state index contributed by atoms with van der Waals surface area (Å²) in [5, 5.41) is 0. The first-order valence-electron chi connectivity index (χ1n) is 10.4. The van der Waals surface area contributed by atoms with Gasteiger partial charge in [-0.15, -0.1) is 0 Å². The van der Waals surface area contributed by atoms with Crippen molar-refractivity contribution in [3.8, 4) is 0 Å². The summed E-state index contributed by atoms with van der Waals surface area (Å²) in [7, 11) is 0. The van der Waals surface area contributed by atoms with Crippen molar-refractivity contribution in [2.75, 3.05) is 32.7 Å². The molecule has 1 aliphatic carbocycles. The minimum absolute atomic E-state index is 0.191. The smallest absolute Gasteiger partial charge is 0.225 e. The third-order valence-corrected chi connectivity index (χ3v) is 6.34. The second-order valence-electron chi connectivity index (χ2n) is 8.70. The Morgan fingerprint density at radius 3 is 2.40 bits per heavy atom. The molecule has 0 aromatic heterocycles. The van der Waals surface area contributed by atoms with Gasteiger partial charge >= 0.3 is 0 Å². The van der Waals surface area contributed by atoms with Crippen molar-refractivity contribution in [2.24, 2.45) is 17.6 Å². The summed E-state index contributed by atoms with van der Waals surface area (Å²) >= 11 is 0. The molecule has 3 aliphatic rings. The lowest BCUT2D eigenvalue weighted by Crippen LogP contribution is -2.47. The standard InChI is InChI=1S/C20H37N3O2/c1-15-13-22(14-16(2)25-15)9-6-17-7-10-23(11-8-17)20(24)18-4-3-5-19(21)12-18/h15-19H,3-14,21H2,1-2H3. The van der Waals surface area contributed by atoms with Crippen LogP contribution in [0.15, 0.2) is 0 Å². The highest BCUT2D eigenvalue weighted by Gasteiger charge is 2.31. The number of rotatable bonds is 4. The predicted octanol–water partition coefficient (Wildman–Crippen LogP) is 2.24. The van der Waals surface area contributed by atoms with E-state index in [1.807, 2.05) is 0 Å². The van der Waals surface area contributed by atoms with Gasteiger partial charge in [0, 0.05) is 38.1 Å². The normalized spacial score (nSPS) is 35.7. The van der Waals surface area contributed by atoms with Gasteiger partial charge in [0.15, 0.2) is 0 Å². The van der Waals surface area contributed by atoms with Crippen molar-refractivity contribution >= 4 is 5.91 Å². The summed E-state index contributed by atoms with van der Waals surface area (Å²) in [5.41, 5.74) is 6.06. The summed E-state index contributed by atoms with van der Waals surface area (Å²) in [6, 6.07) is 0.235. The Bertz CT molecular complexity index is 427. The van der Waals surface area contributed by atoms with Crippen LogP contribution in [0.25, 0.3) is 0 Å². The Hall–Kier alpha value is -0.650. The molecule has 3 fully saturated rings. The number of carbonyl (C=O) groups excluding carboxylic acids is 1. The molecule has 25 heavy (non-hydrogen) atoms. The van der Waals surface area contributed by atoms with E-state index in [4.69, 9.17) is 10.5 Å². The Morgan fingerprint density at radius 1 is 1.08 bits per heavy atom. The topological polar surface area (TPSA) is 58.8 Å². The number of carbonyl (C=O) groups is 1. The van der Waals surface area contributed by atoms with Gasteiger partial charge in [-0.3, -0.25) is 9.69 Å². The number of hydrogen-bond acceptors (Lipinski definition) is 4. The van der Waals surface area contributed by atoms with Crippen LogP contribution in [-0.4, -0.2) is 66.7 Å². The van der Waals surface area contributed by atoms with Crippen molar-refractivity contribution < 1.29 is 9.53 Å². The Morgan fingerprint density at radius 2 is 1.76 bits per heavy atom. The highest BCUT2D eigenvalue weighted by molar-refractivity contribution is 5.79. The maximum absolute atomic E-state index is 12.7. The van der Waals surface area contributed by atoms with Crippen LogP contribution >= 0.6 is 0 Å². The monoisotopic (exact) mass is 351 g/mol. The number of morpholine rings is 1. The summed E-state index contributed by atoms with van der Waals surface area (Å²) < 4.78 is 5.82. The van der Waals surface area contributed by atoms with Crippen LogP contribution < -0.4 is 5.73 Å². The van der Waals surface area contributed by atoms with Crippen LogP contribution in [0.1, 0.15) is 58.8 Å². The van der Waals surface area contributed by atoms with E-state index in [2.05, 4.69) is 23.6 Å². The van der Waals surface area contributed by atoms with Gasteiger partial charge < -0.3 is 15.4 Å². The number of hydrogen-bond donors (Lipinski definition) is 1. The molecule has 2 heterocycles. The Labute approximate surface area is 153 Å². The molecule has 3 rings (SSSR count). The number of likely N-dealkylation sites (tertiary alicyclic amines) is 1. The van der Waals surface area contributed by atoms with E-state index >= 15 is 0 Å². The first-order chi connectivity index (χ1) is 12.0. The molecule has 4 atom stereocenters. The van der Waals surface area contributed by atoms with Gasteiger partial charge in [0.1, 0.15) is 0 Å². The quantitative estimate of drug-likeness (QED) is 0.844. The lowest BCUT2D eigenvalue weighted by Gasteiger charge is -2.38. The molecule has 2 N–H and O–H groups in total. The van der Waals surface area contributed by atoms with Gasteiger partial charge in [-0.05, 0) is 64.8 Å². The minimum Gasteiger partial charge on any atom is -0.373 e. The van der Waals surface area contributed by atoms with E-state index in [0.29, 0.717) is 18.1 Å². The van der Waals surface area contributed by atoms with Crippen molar-refractivity contribution in [2.45, 2.75) is 77.0 Å². The average Bonchev–Trinajstić information content (AvgIpc) is 2.59. The molecule has 1 amide bonds. The van der Waals surface area contributed by atoms with E-state index in [-0.39, 0.29) is 12.0 Å². The molecule has 0 radical (unpaired) electrons. The van der Waals surface area contributed by atoms with Crippen LogP contribution in [0.3, 0.4) is 0 Å². The van der Waals surface area contributed by atoms with Gasteiger partial charge in [-0.25, -0.2) is 0 Å². The van der Waals surface area contributed by atoms with E-state index in [1.54, 1.807) is 0 Å². The van der Waals surface area contributed by atoms with E-state index < -0.39 is 0 Å². The van der Waals surface area contributed by atoms with Gasteiger partial charge in [0.2, 0.25) is 5.91 Å². The molecule has 5 heteroatoms. The molecule has 0 bridgehead atoms. The third-order valence-electron chi connectivity index (χ3n) is 6.34. The predicted molar refractivity (Wildman–Crippen MR) is 100 cm³/mol. The van der Waals surface area contributed by atoms with Crippen molar-refractivity contribution in [3.05, 3.63) is 0 Å². The molecule has 0 aromatic carbocycles. The molecule has 0 spiro atoms. The second-order valence-corrected chi connectivity index (χ2v) is 8.70. The number of nitrogens with two attached hydrogens (primary N) is 1. The van der Waals surface area contributed by atoms with Crippen molar-refractivity contribution in [3.63, 3.8) is 0 Å². The van der Waals surface area contributed by atoms with Crippen LogP contribution in [0.5, 0.6) is 0 Å². The maximum Gasteiger partial charge on any atom is 0.225 e. The first-order valence-corrected chi connectivity index (χ1v) is 10.4. The fourth-order valence-corrected chi connectivity index (χ4v) is 4.98. The molecular weight excluding hydrogens is 314 g/mol. The zero-order valence-electron chi connectivity index (χ0n) is 16.2. The Kier molecular flexibility index (Phi) is 6.75. The van der Waals surface area contributed by atoms with Crippen LogP contribution in [-0.2, 0) is 9.53 Å². The summed E-state index contributed by atoms with van der Waals surface area (Å²) in [6.45, 7) is 9.53. The minimum atomic E-state index is 0.191. The van der Waals surface area contributed by atoms with Gasteiger partial charge in [-0.1, -0.05) is 6.42 Å². The molecule has 144 valence electrons. The van der Waals surface area contributed by atoms with Gasteiger partial charge in [0.25, 0.3) is 0 Å². The summed E-state index contributed by atoms with van der Waals surface area (Å²) in [6.07, 6.45) is 8.44. The molecule has 0 aromatic rings. The fourth-order valence-electron chi connectivity index (χ4n) is 4.98. The molecule has 5 nitrogen and oxygen atoms in total. The molecule has 1 saturated carbocycles. The highest BCUT2D eigenvalue weighted by atomic mass is 16.5. The maximum atomic E-state index is 12.7. The number of nitrogens with zero attached hydrogens (tertiary/aromatic N) is 2. The van der Waals surface area contributed by atoms with Crippen LogP contribution in [0.2, 0.25) is 0 Å². The number of amides is 1. The average molecular weight is 352 g/mol. The fraction of sp³-hybridized carbons (Fsp3) is 0.950.